The molecule has 0 radical (unpaired) electrons. The highest BCUT2D eigenvalue weighted by atomic mass is 16.5. The van der Waals surface area contributed by atoms with E-state index in [9.17, 15) is 14.4 Å². The summed E-state index contributed by atoms with van der Waals surface area (Å²) < 4.78 is 5.34. The zero-order valence-electron chi connectivity index (χ0n) is 15.3. The van der Waals surface area contributed by atoms with E-state index < -0.39 is 0 Å². The highest BCUT2D eigenvalue weighted by Crippen LogP contribution is 2.40. The molecule has 134 valence electrons. The van der Waals surface area contributed by atoms with Crippen molar-refractivity contribution in [2.24, 2.45) is 17.8 Å². The molecule has 1 aromatic rings. The van der Waals surface area contributed by atoms with Crippen LogP contribution in [0.2, 0.25) is 0 Å². The molecule has 4 heteroatoms. The van der Waals surface area contributed by atoms with E-state index >= 15 is 0 Å². The molecule has 0 spiro atoms. The minimum atomic E-state index is -0.319. The minimum absolute atomic E-state index is 0.0161. The monoisotopic (exact) mass is 342 g/mol. The Morgan fingerprint density at radius 2 is 1.60 bits per heavy atom. The Bertz CT molecular complexity index is 680. The number of ether oxygens (including phenoxy) is 1. The summed E-state index contributed by atoms with van der Waals surface area (Å²) in [5, 5.41) is 0. The quantitative estimate of drug-likeness (QED) is 0.618. The fourth-order valence-corrected chi connectivity index (χ4v) is 4.62. The van der Waals surface area contributed by atoms with Crippen LogP contribution in [0.15, 0.2) is 12.1 Å². The Hall–Kier alpha value is -1.97. The average Bonchev–Trinajstić information content (AvgIpc) is 2.51. The number of Topliss-reactive ketones (excluding diaryl/α,β-unsaturated/α-hetero) is 2. The molecule has 25 heavy (non-hydrogen) atoms. The Labute approximate surface area is 148 Å². The van der Waals surface area contributed by atoms with Crippen LogP contribution in [0.1, 0.15) is 59.2 Å². The Morgan fingerprint density at radius 3 is 2.16 bits per heavy atom. The van der Waals surface area contributed by atoms with Crippen LogP contribution < -0.4 is 0 Å². The number of carbonyl (C=O) groups excluding carboxylic acids is 3. The number of hydrogen-bond acceptors (Lipinski definition) is 4. The van der Waals surface area contributed by atoms with Gasteiger partial charge in [0, 0.05) is 17.4 Å². The molecule has 1 aromatic carbocycles. The first-order chi connectivity index (χ1) is 11.9. The summed E-state index contributed by atoms with van der Waals surface area (Å²) in [5.41, 5.74) is 3.59. The lowest BCUT2D eigenvalue weighted by Crippen LogP contribution is -2.39. The van der Waals surface area contributed by atoms with Crippen molar-refractivity contribution in [2.45, 2.75) is 52.9 Å². The standard InChI is InChI=1S/C21H26O4/c1-12-7-13(2)19(14(3)8-12)18(22)11-25-21(24)17-9-15-5-4-6-16(10-17)20(15)23/h7-8,15-17H,4-6,9-11H2,1-3H3/t15-,16-/m1/s1. The Kier molecular flexibility index (Phi) is 5.07. The molecular formula is C21H26O4. The summed E-state index contributed by atoms with van der Waals surface area (Å²) >= 11 is 0. The third kappa shape index (κ3) is 3.68. The highest BCUT2D eigenvalue weighted by Gasteiger charge is 2.41. The highest BCUT2D eigenvalue weighted by molar-refractivity contribution is 6.00. The van der Waals surface area contributed by atoms with Crippen molar-refractivity contribution in [3.8, 4) is 0 Å². The van der Waals surface area contributed by atoms with Crippen LogP contribution in [0, 0.1) is 38.5 Å². The molecule has 0 unspecified atom stereocenters. The summed E-state index contributed by atoms with van der Waals surface area (Å²) in [6.07, 6.45) is 4.03. The van der Waals surface area contributed by atoms with E-state index in [2.05, 4.69) is 0 Å². The van der Waals surface area contributed by atoms with Crippen molar-refractivity contribution in [3.63, 3.8) is 0 Å². The number of fused-ring (bicyclic) bond motifs is 2. The number of benzene rings is 1. The number of hydrogen-bond donors (Lipinski definition) is 0. The second-order valence-corrected chi connectivity index (χ2v) is 7.70. The van der Waals surface area contributed by atoms with Crippen LogP contribution in [0.5, 0.6) is 0 Å². The number of esters is 1. The molecule has 2 bridgehead atoms. The van der Waals surface area contributed by atoms with E-state index in [1.807, 2.05) is 32.9 Å². The maximum Gasteiger partial charge on any atom is 0.309 e. The molecule has 0 N–H and O–H groups in total. The molecule has 2 aliphatic rings. The third-order valence-corrected chi connectivity index (χ3v) is 5.68. The van der Waals surface area contributed by atoms with Crippen molar-refractivity contribution in [1.82, 2.24) is 0 Å². The average molecular weight is 342 g/mol. The van der Waals surface area contributed by atoms with Crippen LogP contribution in [-0.4, -0.2) is 24.1 Å². The second kappa shape index (κ2) is 7.11. The molecule has 4 nitrogen and oxygen atoms in total. The SMILES string of the molecule is Cc1cc(C)c(C(=O)COC(=O)C2C[C@H]3CCC[C@H](C2)C3=O)c(C)c1. The first-order valence-corrected chi connectivity index (χ1v) is 9.18. The molecule has 2 aliphatic carbocycles. The lowest BCUT2D eigenvalue weighted by Gasteiger charge is -2.36. The van der Waals surface area contributed by atoms with Crippen LogP contribution in [0.3, 0.4) is 0 Å². The number of aryl methyl sites for hydroxylation is 3. The lowest BCUT2D eigenvalue weighted by molar-refractivity contribution is -0.152. The predicted molar refractivity (Wildman–Crippen MR) is 94.5 cm³/mol. The number of carbonyl (C=O) groups is 3. The molecule has 2 atom stereocenters. The summed E-state index contributed by atoms with van der Waals surface area (Å²) in [4.78, 5) is 37.0. The first kappa shape index (κ1) is 17.8. The van der Waals surface area contributed by atoms with Gasteiger partial charge in [-0.3, -0.25) is 14.4 Å². The Morgan fingerprint density at radius 1 is 1.04 bits per heavy atom. The van der Waals surface area contributed by atoms with Gasteiger partial charge in [-0.2, -0.15) is 0 Å². The molecule has 2 fully saturated rings. The lowest BCUT2D eigenvalue weighted by atomic mass is 9.67. The summed E-state index contributed by atoms with van der Waals surface area (Å²) in [5.74, 6) is -0.349. The van der Waals surface area contributed by atoms with E-state index in [1.165, 1.54) is 0 Å². The predicted octanol–water partition coefficient (Wildman–Crippen LogP) is 3.73. The van der Waals surface area contributed by atoms with E-state index in [4.69, 9.17) is 4.74 Å². The molecule has 0 amide bonds. The zero-order valence-corrected chi connectivity index (χ0v) is 15.3. The van der Waals surface area contributed by atoms with E-state index in [0.717, 1.165) is 36.0 Å². The number of rotatable bonds is 4. The van der Waals surface area contributed by atoms with E-state index in [-0.39, 0.29) is 36.1 Å². The minimum Gasteiger partial charge on any atom is -0.457 e. The van der Waals surface area contributed by atoms with Gasteiger partial charge < -0.3 is 4.74 Å². The van der Waals surface area contributed by atoms with Crippen LogP contribution in [0.4, 0.5) is 0 Å². The van der Waals surface area contributed by atoms with Crippen molar-refractivity contribution in [3.05, 3.63) is 34.4 Å². The van der Waals surface area contributed by atoms with Gasteiger partial charge in [0.25, 0.3) is 0 Å². The van der Waals surface area contributed by atoms with Crippen molar-refractivity contribution in [1.29, 1.82) is 0 Å². The zero-order chi connectivity index (χ0) is 18.1. The van der Waals surface area contributed by atoms with E-state index in [1.54, 1.807) is 0 Å². The molecule has 3 rings (SSSR count). The molecular weight excluding hydrogens is 316 g/mol. The fraction of sp³-hybridized carbons (Fsp3) is 0.571. The summed E-state index contributed by atoms with van der Waals surface area (Å²) in [7, 11) is 0. The first-order valence-electron chi connectivity index (χ1n) is 9.18. The summed E-state index contributed by atoms with van der Waals surface area (Å²) in [6.45, 7) is 5.59. The summed E-state index contributed by atoms with van der Waals surface area (Å²) in [6, 6.07) is 3.94. The van der Waals surface area contributed by atoms with Gasteiger partial charge in [-0.05, 0) is 57.6 Å². The van der Waals surface area contributed by atoms with Gasteiger partial charge in [0.15, 0.2) is 6.61 Å². The maximum atomic E-state index is 12.5. The van der Waals surface area contributed by atoms with Crippen molar-refractivity contribution >= 4 is 17.5 Å². The fourth-order valence-electron chi connectivity index (χ4n) is 4.62. The molecule has 0 heterocycles. The second-order valence-electron chi connectivity index (χ2n) is 7.70. The van der Waals surface area contributed by atoms with Gasteiger partial charge in [0.2, 0.25) is 5.78 Å². The number of ketones is 2. The van der Waals surface area contributed by atoms with Gasteiger partial charge in [0.1, 0.15) is 5.78 Å². The molecule has 2 saturated carbocycles. The van der Waals surface area contributed by atoms with Gasteiger partial charge in [0.05, 0.1) is 5.92 Å². The topological polar surface area (TPSA) is 60.4 Å². The van der Waals surface area contributed by atoms with Gasteiger partial charge in [-0.1, -0.05) is 24.1 Å². The van der Waals surface area contributed by atoms with Gasteiger partial charge in [-0.25, -0.2) is 0 Å². The normalized spacial score (nSPS) is 25.6. The van der Waals surface area contributed by atoms with E-state index in [0.29, 0.717) is 24.2 Å². The third-order valence-electron chi connectivity index (χ3n) is 5.68. The van der Waals surface area contributed by atoms with Gasteiger partial charge in [-0.15, -0.1) is 0 Å². The molecule has 0 aliphatic heterocycles. The van der Waals surface area contributed by atoms with Crippen molar-refractivity contribution in [2.75, 3.05) is 6.61 Å². The van der Waals surface area contributed by atoms with Crippen LogP contribution >= 0.6 is 0 Å². The van der Waals surface area contributed by atoms with Crippen molar-refractivity contribution < 1.29 is 19.1 Å². The van der Waals surface area contributed by atoms with Crippen LogP contribution in [-0.2, 0) is 14.3 Å². The molecule has 0 aromatic heterocycles. The Balaban J connectivity index is 1.61. The van der Waals surface area contributed by atoms with Gasteiger partial charge >= 0.3 is 5.97 Å². The maximum absolute atomic E-state index is 12.5. The smallest absolute Gasteiger partial charge is 0.309 e. The largest absolute Gasteiger partial charge is 0.457 e. The molecule has 0 saturated heterocycles. The van der Waals surface area contributed by atoms with Crippen LogP contribution in [0.25, 0.3) is 0 Å².